The van der Waals surface area contributed by atoms with E-state index in [1.165, 1.54) is 16.8 Å². The van der Waals surface area contributed by atoms with Crippen LogP contribution in [0.3, 0.4) is 0 Å². The first-order valence-electron chi connectivity index (χ1n) is 7.02. The predicted octanol–water partition coefficient (Wildman–Crippen LogP) is 0.966. The van der Waals surface area contributed by atoms with E-state index in [1.54, 1.807) is 23.9 Å². The van der Waals surface area contributed by atoms with Crippen LogP contribution in [0, 0.1) is 6.92 Å². The molecule has 118 valence electrons. The Labute approximate surface area is 129 Å². The van der Waals surface area contributed by atoms with Gasteiger partial charge in [-0.15, -0.1) is 0 Å². The number of sulfonamides is 1. The second-order valence-electron chi connectivity index (χ2n) is 5.44. The van der Waals surface area contributed by atoms with Crippen LogP contribution < -0.4 is 4.74 Å². The van der Waals surface area contributed by atoms with Crippen LogP contribution in [0.2, 0.25) is 0 Å². The van der Waals surface area contributed by atoms with Gasteiger partial charge in [-0.2, -0.15) is 4.31 Å². The van der Waals surface area contributed by atoms with Gasteiger partial charge in [-0.25, -0.2) is 18.4 Å². The number of nitrogens with zero attached hydrogens (tertiary/aromatic N) is 4. The third kappa shape index (κ3) is 2.97. The van der Waals surface area contributed by atoms with Crippen molar-refractivity contribution in [1.82, 2.24) is 18.8 Å². The highest BCUT2D eigenvalue weighted by molar-refractivity contribution is 7.89. The van der Waals surface area contributed by atoms with E-state index in [4.69, 9.17) is 4.74 Å². The molecule has 0 unspecified atom stereocenters. The van der Waals surface area contributed by atoms with E-state index in [-0.39, 0.29) is 11.1 Å². The van der Waals surface area contributed by atoms with E-state index in [0.717, 1.165) is 5.56 Å². The van der Waals surface area contributed by atoms with Gasteiger partial charge in [-0.05, 0) is 18.9 Å². The average molecular weight is 322 g/mol. The average Bonchev–Trinajstić information content (AvgIpc) is 3.11. The van der Waals surface area contributed by atoms with Gasteiger partial charge < -0.3 is 9.30 Å². The number of imidazole rings is 1. The molecule has 8 heteroatoms. The number of hydrogen-bond donors (Lipinski definition) is 0. The summed E-state index contributed by atoms with van der Waals surface area (Å²) in [6, 6.07) is 3.71. The monoisotopic (exact) mass is 322 g/mol. The summed E-state index contributed by atoms with van der Waals surface area (Å²) >= 11 is 0. The van der Waals surface area contributed by atoms with Crippen molar-refractivity contribution < 1.29 is 13.2 Å². The Balaban J connectivity index is 1.68. The molecule has 3 rings (SSSR count). The molecule has 1 fully saturated rings. The van der Waals surface area contributed by atoms with E-state index in [2.05, 4.69) is 9.97 Å². The largest absolute Gasteiger partial charge is 0.473 e. The van der Waals surface area contributed by atoms with E-state index >= 15 is 0 Å². The van der Waals surface area contributed by atoms with Crippen LogP contribution in [-0.2, 0) is 17.1 Å². The first-order valence-corrected chi connectivity index (χ1v) is 8.46. The summed E-state index contributed by atoms with van der Waals surface area (Å²) in [6.07, 6.45) is 5.17. The van der Waals surface area contributed by atoms with E-state index < -0.39 is 10.0 Å². The Hall–Kier alpha value is -1.93. The lowest BCUT2D eigenvalue weighted by molar-refractivity contribution is 0.207. The molecule has 7 nitrogen and oxygen atoms in total. The van der Waals surface area contributed by atoms with Crippen molar-refractivity contribution in [2.75, 3.05) is 13.1 Å². The van der Waals surface area contributed by atoms with Gasteiger partial charge in [0.05, 0.1) is 12.9 Å². The predicted molar refractivity (Wildman–Crippen MR) is 80.0 cm³/mol. The zero-order valence-corrected chi connectivity index (χ0v) is 13.3. The summed E-state index contributed by atoms with van der Waals surface area (Å²) in [5.74, 6) is 0.521. The van der Waals surface area contributed by atoms with Gasteiger partial charge in [0.1, 0.15) is 6.10 Å². The molecule has 22 heavy (non-hydrogen) atoms. The molecule has 0 aromatic carbocycles. The summed E-state index contributed by atoms with van der Waals surface area (Å²) in [5, 5.41) is 0.0733. The smallest absolute Gasteiger partial charge is 0.262 e. The van der Waals surface area contributed by atoms with Crippen molar-refractivity contribution in [2.45, 2.75) is 24.5 Å². The molecule has 0 bridgehead atoms. The third-order valence-electron chi connectivity index (χ3n) is 3.56. The molecule has 0 saturated carbocycles. The molecule has 1 aliphatic heterocycles. The summed E-state index contributed by atoms with van der Waals surface area (Å²) in [6.45, 7) is 2.69. The molecule has 3 heterocycles. The summed E-state index contributed by atoms with van der Waals surface area (Å²) in [5.41, 5.74) is 1.05. The van der Waals surface area contributed by atoms with Crippen LogP contribution in [0.15, 0.2) is 35.9 Å². The summed E-state index contributed by atoms with van der Waals surface area (Å²) < 4.78 is 33.7. The molecular weight excluding hydrogens is 304 g/mol. The van der Waals surface area contributed by atoms with Gasteiger partial charge in [0.25, 0.3) is 10.0 Å². The number of aromatic nitrogens is 3. The maximum atomic E-state index is 12.5. The maximum Gasteiger partial charge on any atom is 0.262 e. The van der Waals surface area contributed by atoms with E-state index in [1.807, 2.05) is 13.0 Å². The fourth-order valence-electron chi connectivity index (χ4n) is 2.36. The number of rotatable bonds is 4. The zero-order chi connectivity index (χ0) is 15.7. The molecule has 1 saturated heterocycles. The van der Waals surface area contributed by atoms with Gasteiger partial charge in [0.15, 0.2) is 5.03 Å². The first kappa shape index (κ1) is 15.0. The van der Waals surface area contributed by atoms with Crippen molar-refractivity contribution in [3.63, 3.8) is 0 Å². The number of pyridine rings is 1. The van der Waals surface area contributed by atoms with Crippen molar-refractivity contribution >= 4 is 10.0 Å². The SMILES string of the molecule is Cc1ccc(O[C@@H]2CCN(S(=O)(=O)c3cn(C)cn3)C2)nc1. The molecule has 2 aromatic rings. The first-order chi connectivity index (χ1) is 10.4. The Bertz CT molecular complexity index is 755. The van der Waals surface area contributed by atoms with Crippen LogP contribution in [0.25, 0.3) is 0 Å². The topological polar surface area (TPSA) is 77.3 Å². The molecule has 0 aliphatic carbocycles. The lowest BCUT2D eigenvalue weighted by Gasteiger charge is -2.15. The number of aryl methyl sites for hydroxylation is 2. The molecule has 0 N–H and O–H groups in total. The van der Waals surface area contributed by atoms with Crippen molar-refractivity contribution in [3.8, 4) is 5.88 Å². The fraction of sp³-hybridized carbons (Fsp3) is 0.429. The molecule has 2 aromatic heterocycles. The standard InChI is InChI=1S/C14H18N4O3S/c1-11-3-4-13(15-7-11)21-12-5-6-18(8-12)22(19,20)14-9-17(2)10-16-14/h3-4,7,9-10,12H,5-6,8H2,1-2H3/t12-/m1/s1. The molecule has 0 spiro atoms. The molecular formula is C14H18N4O3S. The second kappa shape index (κ2) is 5.69. The second-order valence-corrected chi connectivity index (χ2v) is 7.33. The minimum absolute atomic E-state index is 0.0733. The fourth-order valence-corrected chi connectivity index (χ4v) is 3.81. The van der Waals surface area contributed by atoms with Gasteiger partial charge in [0.2, 0.25) is 5.88 Å². The van der Waals surface area contributed by atoms with Crippen molar-refractivity contribution in [2.24, 2.45) is 7.05 Å². The van der Waals surface area contributed by atoms with Gasteiger partial charge in [-0.3, -0.25) is 0 Å². The molecule has 1 aliphatic rings. The Morgan fingerprint density at radius 3 is 2.77 bits per heavy atom. The third-order valence-corrected chi connectivity index (χ3v) is 5.32. The van der Waals surface area contributed by atoms with Crippen molar-refractivity contribution in [3.05, 3.63) is 36.4 Å². The highest BCUT2D eigenvalue weighted by Crippen LogP contribution is 2.22. The normalized spacial score (nSPS) is 19.5. The van der Waals surface area contributed by atoms with Gasteiger partial charge in [0, 0.05) is 32.1 Å². The lowest BCUT2D eigenvalue weighted by atomic mass is 10.3. The Kier molecular flexibility index (Phi) is 3.88. The van der Waals surface area contributed by atoms with Crippen LogP contribution in [-0.4, -0.2) is 46.5 Å². The number of hydrogen-bond acceptors (Lipinski definition) is 5. The zero-order valence-electron chi connectivity index (χ0n) is 12.5. The molecule has 0 radical (unpaired) electrons. The minimum atomic E-state index is -3.55. The van der Waals surface area contributed by atoms with Crippen LogP contribution >= 0.6 is 0 Å². The molecule has 1 atom stereocenters. The lowest BCUT2D eigenvalue weighted by Crippen LogP contribution is -2.31. The van der Waals surface area contributed by atoms with Crippen LogP contribution in [0.5, 0.6) is 5.88 Å². The number of ether oxygens (including phenoxy) is 1. The van der Waals surface area contributed by atoms with Crippen molar-refractivity contribution in [1.29, 1.82) is 0 Å². The summed E-state index contributed by atoms with van der Waals surface area (Å²) in [7, 11) is -1.81. The van der Waals surface area contributed by atoms with Gasteiger partial charge >= 0.3 is 0 Å². The van der Waals surface area contributed by atoms with E-state index in [0.29, 0.717) is 25.4 Å². The minimum Gasteiger partial charge on any atom is -0.473 e. The van der Waals surface area contributed by atoms with Gasteiger partial charge in [-0.1, -0.05) is 6.07 Å². The highest BCUT2D eigenvalue weighted by atomic mass is 32.2. The quantitative estimate of drug-likeness (QED) is 0.838. The maximum absolute atomic E-state index is 12.5. The molecule has 0 amide bonds. The van der Waals surface area contributed by atoms with Crippen LogP contribution in [0.1, 0.15) is 12.0 Å². The Morgan fingerprint density at radius 2 is 2.14 bits per heavy atom. The highest BCUT2D eigenvalue weighted by Gasteiger charge is 2.35. The Morgan fingerprint density at radius 1 is 1.32 bits per heavy atom. The van der Waals surface area contributed by atoms with E-state index in [9.17, 15) is 8.42 Å². The summed E-state index contributed by atoms with van der Waals surface area (Å²) in [4.78, 5) is 8.12. The van der Waals surface area contributed by atoms with Crippen LogP contribution in [0.4, 0.5) is 0 Å².